The van der Waals surface area contributed by atoms with Gasteiger partial charge in [0.1, 0.15) is 12.4 Å². The summed E-state index contributed by atoms with van der Waals surface area (Å²) in [6, 6.07) is 5.53. The van der Waals surface area contributed by atoms with Crippen LogP contribution in [0.15, 0.2) is 18.2 Å². The third kappa shape index (κ3) is 3.19. The first-order valence-electron chi connectivity index (χ1n) is 6.55. The average molecular weight is 283 g/mol. The predicted molar refractivity (Wildman–Crippen MR) is 75.3 cm³/mol. The van der Waals surface area contributed by atoms with Crippen LogP contribution in [0, 0.1) is 0 Å². The second kappa shape index (κ2) is 5.80. The maximum Gasteiger partial charge on any atom is 0.220 e. The van der Waals surface area contributed by atoms with Gasteiger partial charge in [-0.2, -0.15) is 0 Å². The number of amides is 1. The van der Waals surface area contributed by atoms with Crippen molar-refractivity contribution in [2.45, 2.75) is 31.7 Å². The molecule has 0 unspecified atom stereocenters. The summed E-state index contributed by atoms with van der Waals surface area (Å²) < 4.78 is 5.51. The molecule has 2 rings (SSSR count). The molecule has 3 N–H and O–H groups in total. The van der Waals surface area contributed by atoms with Crippen molar-refractivity contribution in [3.8, 4) is 5.75 Å². The van der Waals surface area contributed by atoms with Crippen LogP contribution in [-0.4, -0.2) is 19.1 Å². The number of hydrogen-bond acceptors (Lipinski definition) is 3. The van der Waals surface area contributed by atoms with Crippen LogP contribution in [0.5, 0.6) is 5.75 Å². The minimum absolute atomic E-state index is 0.0434. The van der Waals surface area contributed by atoms with Crippen LogP contribution in [0.4, 0.5) is 0 Å². The molecule has 1 saturated carbocycles. The van der Waals surface area contributed by atoms with Crippen LogP contribution in [-0.2, 0) is 10.3 Å². The number of carbonyl (C=O) groups excluding carboxylic acids is 1. The molecule has 1 aliphatic carbocycles. The third-order valence-electron chi connectivity index (χ3n) is 3.29. The molecule has 1 fully saturated rings. The van der Waals surface area contributed by atoms with E-state index in [4.69, 9.17) is 22.1 Å². The predicted octanol–water partition coefficient (Wildman–Crippen LogP) is 2.19. The van der Waals surface area contributed by atoms with E-state index in [1.807, 2.05) is 19.1 Å². The summed E-state index contributed by atoms with van der Waals surface area (Å²) in [6.07, 6.45) is 2.31. The van der Waals surface area contributed by atoms with Crippen LogP contribution in [0.2, 0.25) is 5.02 Å². The normalized spacial score (nSPS) is 15.9. The van der Waals surface area contributed by atoms with Gasteiger partial charge >= 0.3 is 0 Å². The van der Waals surface area contributed by atoms with Gasteiger partial charge in [-0.25, -0.2) is 0 Å². The molecule has 1 aromatic rings. The SMILES string of the molecule is CCC(=O)NC1(c2cc(OCCN)ccc2Cl)CC1. The van der Waals surface area contributed by atoms with Crippen molar-refractivity contribution in [1.82, 2.24) is 5.32 Å². The van der Waals surface area contributed by atoms with Crippen LogP contribution in [0.1, 0.15) is 31.7 Å². The first-order valence-corrected chi connectivity index (χ1v) is 6.93. The van der Waals surface area contributed by atoms with E-state index in [-0.39, 0.29) is 11.4 Å². The molecule has 0 bridgehead atoms. The number of benzene rings is 1. The number of hydrogen-bond donors (Lipinski definition) is 2. The lowest BCUT2D eigenvalue weighted by atomic mass is 10.0. The fourth-order valence-electron chi connectivity index (χ4n) is 2.08. The zero-order valence-electron chi connectivity index (χ0n) is 11.0. The summed E-state index contributed by atoms with van der Waals surface area (Å²) in [6.45, 7) is 2.78. The topological polar surface area (TPSA) is 64.3 Å². The molecule has 0 spiro atoms. The van der Waals surface area contributed by atoms with Crippen molar-refractivity contribution < 1.29 is 9.53 Å². The van der Waals surface area contributed by atoms with Crippen LogP contribution < -0.4 is 15.8 Å². The van der Waals surface area contributed by atoms with Crippen molar-refractivity contribution in [3.63, 3.8) is 0 Å². The number of ether oxygens (including phenoxy) is 1. The number of rotatable bonds is 6. The Labute approximate surface area is 118 Å². The maximum absolute atomic E-state index is 11.6. The molecule has 5 heteroatoms. The highest BCUT2D eigenvalue weighted by molar-refractivity contribution is 6.31. The molecule has 0 heterocycles. The maximum atomic E-state index is 11.6. The Bertz CT molecular complexity index is 473. The molecule has 0 radical (unpaired) electrons. The Kier molecular flexibility index (Phi) is 4.32. The van der Waals surface area contributed by atoms with E-state index in [9.17, 15) is 4.79 Å². The molecule has 1 aliphatic rings. The minimum Gasteiger partial charge on any atom is -0.492 e. The Morgan fingerprint density at radius 2 is 2.26 bits per heavy atom. The molecule has 1 amide bonds. The van der Waals surface area contributed by atoms with Crippen molar-refractivity contribution in [2.24, 2.45) is 5.73 Å². The summed E-state index contributed by atoms with van der Waals surface area (Å²) in [5.41, 5.74) is 6.05. The molecular weight excluding hydrogens is 264 g/mol. The fraction of sp³-hybridized carbons (Fsp3) is 0.500. The summed E-state index contributed by atoms with van der Waals surface area (Å²) in [5, 5.41) is 3.71. The molecule has 4 nitrogen and oxygen atoms in total. The Morgan fingerprint density at radius 3 is 2.84 bits per heavy atom. The molecule has 0 saturated heterocycles. The van der Waals surface area contributed by atoms with Crippen LogP contribution in [0.25, 0.3) is 0 Å². The Balaban J connectivity index is 2.20. The zero-order chi connectivity index (χ0) is 13.9. The van der Waals surface area contributed by atoms with Gasteiger partial charge in [0, 0.05) is 18.0 Å². The highest BCUT2D eigenvalue weighted by Crippen LogP contribution is 2.49. The smallest absolute Gasteiger partial charge is 0.220 e. The van der Waals surface area contributed by atoms with E-state index in [1.54, 1.807) is 6.07 Å². The Hall–Kier alpha value is -1.26. The van der Waals surface area contributed by atoms with Gasteiger partial charge in [-0.05, 0) is 36.6 Å². The van der Waals surface area contributed by atoms with Gasteiger partial charge in [-0.1, -0.05) is 18.5 Å². The zero-order valence-corrected chi connectivity index (χ0v) is 11.8. The van der Waals surface area contributed by atoms with Crippen molar-refractivity contribution >= 4 is 17.5 Å². The van der Waals surface area contributed by atoms with E-state index in [2.05, 4.69) is 5.32 Å². The average Bonchev–Trinajstić information content (AvgIpc) is 3.18. The van der Waals surface area contributed by atoms with Gasteiger partial charge in [-0.15, -0.1) is 0 Å². The van der Waals surface area contributed by atoms with Crippen molar-refractivity contribution in [1.29, 1.82) is 0 Å². The lowest BCUT2D eigenvalue weighted by Gasteiger charge is -2.20. The van der Waals surface area contributed by atoms with Crippen LogP contribution >= 0.6 is 11.6 Å². The molecule has 104 valence electrons. The van der Waals surface area contributed by atoms with E-state index < -0.39 is 0 Å². The number of nitrogens with one attached hydrogen (secondary N) is 1. The first-order chi connectivity index (χ1) is 9.11. The molecule has 19 heavy (non-hydrogen) atoms. The summed E-state index contributed by atoms with van der Waals surface area (Å²) in [5.74, 6) is 0.781. The van der Waals surface area contributed by atoms with Gasteiger partial charge < -0.3 is 15.8 Å². The first kappa shape index (κ1) is 14.2. The number of nitrogens with two attached hydrogens (primary N) is 1. The van der Waals surface area contributed by atoms with Gasteiger partial charge in [0.15, 0.2) is 0 Å². The molecular formula is C14H19ClN2O2. The van der Waals surface area contributed by atoms with E-state index in [1.165, 1.54) is 0 Å². The van der Waals surface area contributed by atoms with Gasteiger partial charge in [0.05, 0.1) is 5.54 Å². The van der Waals surface area contributed by atoms with E-state index in [0.717, 1.165) is 24.2 Å². The number of carbonyl (C=O) groups is 1. The van der Waals surface area contributed by atoms with Crippen molar-refractivity contribution in [3.05, 3.63) is 28.8 Å². The third-order valence-corrected chi connectivity index (χ3v) is 3.62. The summed E-state index contributed by atoms with van der Waals surface area (Å²) >= 11 is 6.25. The van der Waals surface area contributed by atoms with Gasteiger partial charge in [0.25, 0.3) is 0 Å². The number of halogens is 1. The van der Waals surface area contributed by atoms with Gasteiger partial charge in [0.2, 0.25) is 5.91 Å². The molecule has 0 atom stereocenters. The highest BCUT2D eigenvalue weighted by Gasteiger charge is 2.46. The summed E-state index contributed by atoms with van der Waals surface area (Å²) in [4.78, 5) is 11.6. The molecule has 0 aromatic heterocycles. The Morgan fingerprint density at radius 1 is 1.53 bits per heavy atom. The second-order valence-corrected chi connectivity index (χ2v) is 5.17. The minimum atomic E-state index is -0.299. The second-order valence-electron chi connectivity index (χ2n) is 4.76. The quantitative estimate of drug-likeness (QED) is 0.841. The lowest BCUT2D eigenvalue weighted by Crippen LogP contribution is -2.34. The highest BCUT2D eigenvalue weighted by atomic mass is 35.5. The largest absolute Gasteiger partial charge is 0.492 e. The standard InChI is InChI=1S/C14H19ClN2O2/c1-2-13(18)17-14(5-6-14)11-9-10(19-8-7-16)3-4-12(11)15/h3-4,9H,2,5-8,16H2,1H3,(H,17,18). The van der Waals surface area contributed by atoms with Crippen LogP contribution in [0.3, 0.4) is 0 Å². The van der Waals surface area contributed by atoms with Gasteiger partial charge in [-0.3, -0.25) is 4.79 Å². The monoisotopic (exact) mass is 282 g/mol. The van der Waals surface area contributed by atoms with Crippen molar-refractivity contribution in [2.75, 3.05) is 13.2 Å². The summed E-state index contributed by atoms with van der Waals surface area (Å²) in [7, 11) is 0. The van der Waals surface area contributed by atoms with E-state index >= 15 is 0 Å². The molecule has 0 aliphatic heterocycles. The fourth-order valence-corrected chi connectivity index (χ4v) is 2.38. The lowest BCUT2D eigenvalue weighted by molar-refractivity contribution is -0.121. The van der Waals surface area contributed by atoms with E-state index in [0.29, 0.717) is 24.6 Å². The molecule has 1 aromatic carbocycles.